The van der Waals surface area contributed by atoms with Crippen LogP contribution < -0.4 is 10.1 Å². The lowest BCUT2D eigenvalue weighted by Crippen LogP contribution is -2.05. The molecule has 0 atom stereocenters. The van der Waals surface area contributed by atoms with Crippen LogP contribution in [0.2, 0.25) is 0 Å². The SMILES string of the molecule is CC(=O)Nc1ccc(SCc2csc(COc3ccc(F)cc3)n2)cc1. The molecule has 2 aromatic carbocycles. The highest BCUT2D eigenvalue weighted by molar-refractivity contribution is 7.98. The van der Waals surface area contributed by atoms with E-state index in [1.54, 1.807) is 35.2 Å². The number of thioether (sulfide) groups is 1. The second kappa shape index (κ2) is 8.82. The van der Waals surface area contributed by atoms with E-state index in [1.807, 2.05) is 29.6 Å². The minimum absolute atomic E-state index is 0.0803. The molecule has 0 saturated carbocycles. The van der Waals surface area contributed by atoms with Gasteiger partial charge in [0, 0.05) is 28.6 Å². The van der Waals surface area contributed by atoms with E-state index in [4.69, 9.17) is 4.74 Å². The first-order chi connectivity index (χ1) is 12.6. The van der Waals surface area contributed by atoms with Gasteiger partial charge in [-0.3, -0.25) is 4.79 Å². The van der Waals surface area contributed by atoms with Crippen LogP contribution in [0.25, 0.3) is 0 Å². The van der Waals surface area contributed by atoms with Crippen molar-refractivity contribution < 1.29 is 13.9 Å². The normalized spacial score (nSPS) is 10.5. The topological polar surface area (TPSA) is 51.2 Å². The smallest absolute Gasteiger partial charge is 0.221 e. The minimum Gasteiger partial charge on any atom is -0.486 e. The van der Waals surface area contributed by atoms with E-state index in [2.05, 4.69) is 10.3 Å². The lowest BCUT2D eigenvalue weighted by Gasteiger charge is -2.04. The number of aromatic nitrogens is 1. The Morgan fingerprint density at radius 1 is 1.19 bits per heavy atom. The van der Waals surface area contributed by atoms with Crippen LogP contribution >= 0.6 is 23.1 Å². The highest BCUT2D eigenvalue weighted by Gasteiger charge is 2.05. The molecule has 1 amide bonds. The number of amides is 1. The van der Waals surface area contributed by atoms with E-state index in [0.29, 0.717) is 12.4 Å². The van der Waals surface area contributed by atoms with E-state index in [1.165, 1.54) is 19.1 Å². The fourth-order valence-electron chi connectivity index (χ4n) is 2.15. The molecule has 0 aliphatic carbocycles. The number of hydrogen-bond acceptors (Lipinski definition) is 5. The van der Waals surface area contributed by atoms with Crippen molar-refractivity contribution in [2.24, 2.45) is 0 Å². The molecule has 134 valence electrons. The predicted molar refractivity (Wildman–Crippen MR) is 103 cm³/mol. The van der Waals surface area contributed by atoms with E-state index < -0.39 is 0 Å². The molecule has 0 aliphatic rings. The van der Waals surface area contributed by atoms with Crippen molar-refractivity contribution >= 4 is 34.7 Å². The van der Waals surface area contributed by atoms with Crippen molar-refractivity contribution in [3.05, 3.63) is 70.4 Å². The summed E-state index contributed by atoms with van der Waals surface area (Å²) in [6.07, 6.45) is 0. The van der Waals surface area contributed by atoms with Crippen molar-refractivity contribution in [1.82, 2.24) is 4.98 Å². The van der Waals surface area contributed by atoms with Crippen LogP contribution in [-0.2, 0) is 17.2 Å². The Hall–Kier alpha value is -2.38. The fourth-order valence-corrected chi connectivity index (χ4v) is 3.75. The molecule has 3 aromatic rings. The van der Waals surface area contributed by atoms with Gasteiger partial charge < -0.3 is 10.1 Å². The number of nitrogens with one attached hydrogen (secondary N) is 1. The maximum absolute atomic E-state index is 12.9. The summed E-state index contributed by atoms with van der Waals surface area (Å²) in [7, 11) is 0. The summed E-state index contributed by atoms with van der Waals surface area (Å²) in [6, 6.07) is 13.7. The average molecular weight is 388 g/mol. The lowest BCUT2D eigenvalue weighted by molar-refractivity contribution is -0.114. The summed E-state index contributed by atoms with van der Waals surface area (Å²) in [6.45, 7) is 1.86. The summed E-state index contributed by atoms with van der Waals surface area (Å²) in [5.41, 5.74) is 1.78. The Labute approximate surface area is 159 Å². The van der Waals surface area contributed by atoms with Gasteiger partial charge in [-0.25, -0.2) is 9.37 Å². The van der Waals surface area contributed by atoms with E-state index in [-0.39, 0.29) is 11.7 Å². The number of carbonyl (C=O) groups excluding carboxylic acids is 1. The maximum atomic E-state index is 12.9. The molecule has 3 rings (SSSR count). The van der Waals surface area contributed by atoms with Crippen LogP contribution in [0, 0.1) is 5.82 Å². The molecular weight excluding hydrogens is 371 g/mol. The molecule has 7 heteroatoms. The lowest BCUT2D eigenvalue weighted by atomic mass is 10.3. The van der Waals surface area contributed by atoms with Gasteiger partial charge in [-0.15, -0.1) is 23.1 Å². The Kier molecular flexibility index (Phi) is 6.25. The summed E-state index contributed by atoms with van der Waals surface area (Å²) < 4.78 is 18.5. The van der Waals surface area contributed by atoms with Crippen LogP contribution in [0.4, 0.5) is 10.1 Å². The summed E-state index contributed by atoms with van der Waals surface area (Å²) in [5, 5.41) is 5.64. The number of carbonyl (C=O) groups is 1. The average Bonchev–Trinajstić information content (AvgIpc) is 3.08. The van der Waals surface area contributed by atoms with Gasteiger partial charge in [0.2, 0.25) is 5.91 Å². The molecule has 1 N–H and O–H groups in total. The molecule has 0 fully saturated rings. The van der Waals surface area contributed by atoms with Crippen molar-refractivity contribution in [2.75, 3.05) is 5.32 Å². The van der Waals surface area contributed by atoms with Crippen molar-refractivity contribution in [3.63, 3.8) is 0 Å². The number of thiazole rings is 1. The van der Waals surface area contributed by atoms with Gasteiger partial charge in [0.15, 0.2) is 0 Å². The van der Waals surface area contributed by atoms with Crippen molar-refractivity contribution in [2.45, 2.75) is 24.2 Å². The van der Waals surface area contributed by atoms with Crippen LogP contribution in [0.3, 0.4) is 0 Å². The number of hydrogen-bond donors (Lipinski definition) is 1. The van der Waals surface area contributed by atoms with Crippen LogP contribution in [-0.4, -0.2) is 10.9 Å². The summed E-state index contributed by atoms with van der Waals surface area (Å²) in [5.74, 6) is 1.02. The van der Waals surface area contributed by atoms with Gasteiger partial charge in [-0.05, 0) is 48.5 Å². The Morgan fingerprint density at radius 3 is 2.62 bits per heavy atom. The molecule has 0 unspecified atom stereocenters. The zero-order valence-corrected chi connectivity index (χ0v) is 15.7. The quantitative estimate of drug-likeness (QED) is 0.571. The monoisotopic (exact) mass is 388 g/mol. The number of benzene rings is 2. The standard InChI is InChI=1S/C19H17FN2O2S2/c1-13(23)21-15-4-8-18(9-5-15)25-11-16-12-26-19(22-16)10-24-17-6-2-14(20)3-7-17/h2-9,12H,10-11H2,1H3,(H,21,23). The molecule has 1 heterocycles. The Balaban J connectivity index is 1.48. The van der Waals surface area contributed by atoms with Gasteiger partial charge in [-0.2, -0.15) is 0 Å². The van der Waals surface area contributed by atoms with Crippen molar-refractivity contribution in [1.29, 1.82) is 0 Å². The third kappa shape index (κ3) is 5.57. The van der Waals surface area contributed by atoms with Crippen LogP contribution in [0.15, 0.2) is 58.8 Å². The number of halogens is 1. The second-order valence-electron chi connectivity index (χ2n) is 5.47. The van der Waals surface area contributed by atoms with E-state index in [0.717, 1.165) is 27.0 Å². The largest absolute Gasteiger partial charge is 0.486 e. The first-order valence-electron chi connectivity index (χ1n) is 7.90. The van der Waals surface area contributed by atoms with Crippen LogP contribution in [0.1, 0.15) is 17.6 Å². The number of ether oxygens (including phenoxy) is 1. The minimum atomic E-state index is -0.281. The molecular formula is C19H17FN2O2S2. The van der Waals surface area contributed by atoms with Gasteiger partial charge in [0.1, 0.15) is 23.2 Å². The van der Waals surface area contributed by atoms with Crippen molar-refractivity contribution in [3.8, 4) is 5.75 Å². The van der Waals surface area contributed by atoms with Gasteiger partial charge >= 0.3 is 0 Å². The third-order valence-electron chi connectivity index (χ3n) is 3.34. The second-order valence-corrected chi connectivity index (χ2v) is 7.46. The number of nitrogens with zero attached hydrogens (tertiary/aromatic N) is 1. The Morgan fingerprint density at radius 2 is 1.92 bits per heavy atom. The zero-order valence-electron chi connectivity index (χ0n) is 14.1. The summed E-state index contributed by atoms with van der Waals surface area (Å²) >= 11 is 3.22. The van der Waals surface area contributed by atoms with Crippen LogP contribution in [0.5, 0.6) is 5.75 Å². The molecule has 0 bridgehead atoms. The third-order valence-corrected chi connectivity index (χ3v) is 5.25. The Bertz CT molecular complexity index is 864. The number of rotatable bonds is 7. The highest BCUT2D eigenvalue weighted by Crippen LogP contribution is 2.25. The molecule has 0 radical (unpaired) electrons. The predicted octanol–water partition coefficient (Wildman–Crippen LogP) is 5.11. The first kappa shape index (κ1) is 18.4. The van der Waals surface area contributed by atoms with Gasteiger partial charge in [-0.1, -0.05) is 0 Å². The molecule has 4 nitrogen and oxygen atoms in total. The van der Waals surface area contributed by atoms with Gasteiger partial charge in [0.25, 0.3) is 0 Å². The van der Waals surface area contributed by atoms with Gasteiger partial charge in [0.05, 0.1) is 5.69 Å². The molecule has 0 spiro atoms. The molecule has 0 saturated heterocycles. The molecule has 0 aliphatic heterocycles. The highest BCUT2D eigenvalue weighted by atomic mass is 32.2. The number of anilines is 1. The molecule has 1 aromatic heterocycles. The maximum Gasteiger partial charge on any atom is 0.221 e. The first-order valence-corrected chi connectivity index (χ1v) is 9.77. The van der Waals surface area contributed by atoms with E-state index in [9.17, 15) is 9.18 Å². The van der Waals surface area contributed by atoms with E-state index >= 15 is 0 Å². The zero-order chi connectivity index (χ0) is 18.4. The molecule has 26 heavy (non-hydrogen) atoms. The summed E-state index contributed by atoms with van der Waals surface area (Å²) in [4.78, 5) is 16.7. The fraction of sp³-hybridized carbons (Fsp3) is 0.158.